The lowest BCUT2D eigenvalue weighted by Gasteiger charge is -2.20. The molecule has 0 saturated carbocycles. The quantitative estimate of drug-likeness (QED) is 0.861. The van der Waals surface area contributed by atoms with E-state index in [4.69, 9.17) is 0 Å². The van der Waals surface area contributed by atoms with Gasteiger partial charge in [0.2, 0.25) is 0 Å². The molecule has 17 heavy (non-hydrogen) atoms. The maximum absolute atomic E-state index is 4.68. The second-order valence-corrected chi connectivity index (χ2v) is 5.68. The molecular formula is C14H21N3. The number of rotatable bonds is 2. The minimum atomic E-state index is 0.119. The van der Waals surface area contributed by atoms with E-state index in [1.54, 1.807) is 0 Å². The Labute approximate surface area is 103 Å². The van der Waals surface area contributed by atoms with Gasteiger partial charge in [-0.15, -0.1) is 0 Å². The second-order valence-electron chi connectivity index (χ2n) is 5.68. The molecule has 0 radical (unpaired) electrons. The van der Waals surface area contributed by atoms with Gasteiger partial charge in [-0.1, -0.05) is 6.07 Å². The van der Waals surface area contributed by atoms with E-state index < -0.39 is 0 Å². The third-order valence-corrected chi connectivity index (χ3v) is 2.91. The van der Waals surface area contributed by atoms with Crippen molar-refractivity contribution in [2.45, 2.75) is 39.8 Å². The first-order valence-corrected chi connectivity index (χ1v) is 6.04. The summed E-state index contributed by atoms with van der Waals surface area (Å²) >= 11 is 0. The smallest absolute Gasteiger partial charge is 0.123 e. The molecule has 1 N–H and O–H groups in total. The molecule has 0 bridgehead atoms. The van der Waals surface area contributed by atoms with E-state index >= 15 is 0 Å². The first-order valence-electron chi connectivity index (χ1n) is 6.04. The fraction of sp³-hybridized carbons (Fsp3) is 0.500. The molecule has 0 amide bonds. The first-order chi connectivity index (χ1) is 7.87. The number of nitrogens with zero attached hydrogens (tertiary/aromatic N) is 2. The predicted octanol–water partition coefficient (Wildman–Crippen LogP) is 2.77. The normalized spacial score (nSPS) is 12.3. The van der Waals surface area contributed by atoms with Crippen LogP contribution in [-0.2, 0) is 13.6 Å². The Balaban J connectivity index is 2.32. The predicted molar refractivity (Wildman–Crippen MR) is 72.0 cm³/mol. The van der Waals surface area contributed by atoms with E-state index in [1.165, 1.54) is 11.1 Å². The van der Waals surface area contributed by atoms with E-state index in [-0.39, 0.29) is 5.54 Å². The molecule has 2 rings (SSSR count). The van der Waals surface area contributed by atoms with Crippen molar-refractivity contribution in [3.8, 4) is 0 Å². The molecule has 3 nitrogen and oxygen atoms in total. The molecule has 0 unspecified atom stereocenters. The van der Waals surface area contributed by atoms with Gasteiger partial charge in [-0.25, -0.2) is 4.98 Å². The van der Waals surface area contributed by atoms with Crippen molar-refractivity contribution >= 4 is 11.0 Å². The van der Waals surface area contributed by atoms with Crippen LogP contribution >= 0.6 is 0 Å². The molecule has 0 aliphatic carbocycles. The van der Waals surface area contributed by atoms with Gasteiger partial charge in [0, 0.05) is 12.6 Å². The van der Waals surface area contributed by atoms with Crippen molar-refractivity contribution in [2.75, 3.05) is 0 Å². The van der Waals surface area contributed by atoms with Gasteiger partial charge in [0.25, 0.3) is 0 Å². The number of fused-ring (bicyclic) bond motifs is 1. The van der Waals surface area contributed by atoms with Crippen LogP contribution in [-0.4, -0.2) is 15.1 Å². The average Bonchev–Trinajstić information content (AvgIpc) is 2.51. The molecule has 0 atom stereocenters. The summed E-state index contributed by atoms with van der Waals surface area (Å²) < 4.78 is 2.16. The van der Waals surface area contributed by atoms with Crippen molar-refractivity contribution in [3.05, 3.63) is 29.6 Å². The lowest BCUT2D eigenvalue weighted by Crippen LogP contribution is -2.35. The Bertz CT molecular complexity index is 532. The highest BCUT2D eigenvalue weighted by molar-refractivity contribution is 5.76. The summed E-state index contributed by atoms with van der Waals surface area (Å²) in [6, 6.07) is 6.40. The monoisotopic (exact) mass is 231 g/mol. The number of aryl methyl sites for hydroxylation is 2. The molecule has 0 fully saturated rings. The summed E-state index contributed by atoms with van der Waals surface area (Å²) in [4.78, 5) is 4.68. The van der Waals surface area contributed by atoms with Crippen LogP contribution in [0.2, 0.25) is 0 Å². The highest BCUT2D eigenvalue weighted by Crippen LogP contribution is 2.16. The number of imidazole rings is 1. The molecule has 0 aliphatic heterocycles. The second kappa shape index (κ2) is 4.15. The maximum atomic E-state index is 4.68. The van der Waals surface area contributed by atoms with Crippen molar-refractivity contribution in [2.24, 2.45) is 7.05 Å². The van der Waals surface area contributed by atoms with E-state index in [1.807, 2.05) is 0 Å². The van der Waals surface area contributed by atoms with E-state index in [2.05, 4.69) is 67.8 Å². The van der Waals surface area contributed by atoms with Crippen LogP contribution in [0.1, 0.15) is 32.2 Å². The third kappa shape index (κ3) is 2.67. The van der Waals surface area contributed by atoms with Crippen LogP contribution in [0.3, 0.4) is 0 Å². The first kappa shape index (κ1) is 12.1. The maximum Gasteiger partial charge on any atom is 0.123 e. The van der Waals surface area contributed by atoms with Crippen molar-refractivity contribution in [3.63, 3.8) is 0 Å². The molecule has 3 heteroatoms. The van der Waals surface area contributed by atoms with Crippen molar-refractivity contribution < 1.29 is 0 Å². The molecule has 0 saturated heterocycles. The fourth-order valence-corrected chi connectivity index (χ4v) is 1.86. The standard InChI is InChI=1S/C14H21N3/c1-10-6-7-12-11(8-10)16-13(17(12)5)9-15-14(2,3)4/h6-8,15H,9H2,1-5H3. The van der Waals surface area contributed by atoms with Crippen LogP contribution in [0.5, 0.6) is 0 Å². The number of nitrogens with one attached hydrogen (secondary N) is 1. The van der Waals surface area contributed by atoms with Crippen LogP contribution in [0.25, 0.3) is 11.0 Å². The van der Waals surface area contributed by atoms with Crippen LogP contribution in [0.4, 0.5) is 0 Å². The minimum absolute atomic E-state index is 0.119. The lowest BCUT2D eigenvalue weighted by atomic mass is 10.1. The SMILES string of the molecule is Cc1ccc2c(c1)nc(CNC(C)(C)C)n2C. The van der Waals surface area contributed by atoms with Gasteiger partial charge in [0.1, 0.15) is 5.82 Å². The highest BCUT2D eigenvalue weighted by atomic mass is 15.1. The summed E-state index contributed by atoms with van der Waals surface area (Å²) in [5.41, 5.74) is 3.65. The topological polar surface area (TPSA) is 29.9 Å². The van der Waals surface area contributed by atoms with Crippen molar-refractivity contribution in [1.82, 2.24) is 14.9 Å². The van der Waals surface area contributed by atoms with Gasteiger partial charge < -0.3 is 9.88 Å². The molecule has 1 heterocycles. The Morgan fingerprint density at radius 3 is 2.65 bits per heavy atom. The number of benzene rings is 1. The van der Waals surface area contributed by atoms with Gasteiger partial charge in [-0.2, -0.15) is 0 Å². The van der Waals surface area contributed by atoms with E-state index in [0.29, 0.717) is 0 Å². The van der Waals surface area contributed by atoms with E-state index in [0.717, 1.165) is 17.9 Å². The van der Waals surface area contributed by atoms with Gasteiger partial charge >= 0.3 is 0 Å². The fourth-order valence-electron chi connectivity index (χ4n) is 1.86. The van der Waals surface area contributed by atoms with Gasteiger partial charge in [-0.3, -0.25) is 0 Å². The van der Waals surface area contributed by atoms with E-state index in [9.17, 15) is 0 Å². The van der Waals surface area contributed by atoms with Gasteiger partial charge in [0.05, 0.1) is 17.6 Å². The summed E-state index contributed by atoms with van der Waals surface area (Å²) in [5, 5.41) is 3.47. The van der Waals surface area contributed by atoms with Gasteiger partial charge in [-0.05, 0) is 45.4 Å². The van der Waals surface area contributed by atoms with Gasteiger partial charge in [0.15, 0.2) is 0 Å². The number of hydrogen-bond donors (Lipinski definition) is 1. The summed E-state index contributed by atoms with van der Waals surface area (Å²) in [6.07, 6.45) is 0. The Morgan fingerprint density at radius 1 is 1.29 bits per heavy atom. The van der Waals surface area contributed by atoms with Crippen LogP contribution < -0.4 is 5.32 Å². The summed E-state index contributed by atoms with van der Waals surface area (Å²) in [7, 11) is 2.07. The Kier molecular flexibility index (Phi) is 2.96. The Hall–Kier alpha value is -1.35. The number of hydrogen-bond acceptors (Lipinski definition) is 2. The molecule has 0 aliphatic rings. The molecule has 92 valence electrons. The van der Waals surface area contributed by atoms with Crippen LogP contribution in [0.15, 0.2) is 18.2 Å². The third-order valence-electron chi connectivity index (χ3n) is 2.91. The molecule has 1 aromatic carbocycles. The minimum Gasteiger partial charge on any atom is -0.330 e. The Morgan fingerprint density at radius 2 is 2.00 bits per heavy atom. The molecular weight excluding hydrogens is 210 g/mol. The zero-order chi connectivity index (χ0) is 12.6. The zero-order valence-electron chi connectivity index (χ0n) is 11.3. The van der Waals surface area contributed by atoms with Crippen LogP contribution in [0, 0.1) is 6.92 Å². The highest BCUT2D eigenvalue weighted by Gasteiger charge is 2.12. The zero-order valence-corrected chi connectivity index (χ0v) is 11.3. The van der Waals surface area contributed by atoms with Crippen molar-refractivity contribution in [1.29, 1.82) is 0 Å². The average molecular weight is 231 g/mol. The number of aromatic nitrogens is 2. The molecule has 1 aromatic heterocycles. The largest absolute Gasteiger partial charge is 0.330 e. The molecule has 0 spiro atoms. The summed E-state index contributed by atoms with van der Waals surface area (Å²) in [6.45, 7) is 9.40. The lowest BCUT2D eigenvalue weighted by molar-refractivity contribution is 0.415. The molecule has 2 aromatic rings. The summed E-state index contributed by atoms with van der Waals surface area (Å²) in [5.74, 6) is 1.08.